The Kier molecular flexibility index (Phi) is 3.00. The topological polar surface area (TPSA) is 35.5 Å². The molecule has 0 spiro atoms. The number of alkyl halides is 3. The Balaban J connectivity index is 2.68. The number of carbonyl (C=O) groups is 1. The van der Waals surface area contributed by atoms with Gasteiger partial charge in [0.25, 0.3) is 0 Å². The van der Waals surface area contributed by atoms with Gasteiger partial charge in [-0.3, -0.25) is 4.79 Å². The summed E-state index contributed by atoms with van der Waals surface area (Å²) in [6.45, 7) is 4.50. The maximum Gasteiger partial charge on any atom is 0.404 e. The van der Waals surface area contributed by atoms with Gasteiger partial charge in [-0.1, -0.05) is 20.8 Å². The predicted octanol–water partition coefficient (Wildman–Crippen LogP) is 2.11. The Morgan fingerprint density at radius 1 is 1.27 bits per heavy atom. The minimum absolute atomic E-state index is 0.522. The third-order valence-corrected chi connectivity index (χ3v) is 2.02. The molecule has 6 heteroatoms. The lowest BCUT2D eigenvalue weighted by Gasteiger charge is -2.36. The fraction of sp³-hybridized carbons (Fsp3) is 0.889. The van der Waals surface area contributed by atoms with E-state index in [-0.39, 0.29) is 0 Å². The van der Waals surface area contributed by atoms with E-state index < -0.39 is 36.4 Å². The highest BCUT2D eigenvalue weighted by atomic mass is 19.4. The van der Waals surface area contributed by atoms with Gasteiger partial charge in [-0.2, -0.15) is 13.2 Å². The van der Waals surface area contributed by atoms with Crippen LogP contribution in [0.25, 0.3) is 0 Å². The number of hydrogen-bond acceptors (Lipinski definition) is 3. The molecule has 0 bridgehead atoms. The number of cyclic esters (lactones) is 1. The van der Waals surface area contributed by atoms with Crippen LogP contribution in [0.3, 0.4) is 0 Å². The fourth-order valence-electron chi connectivity index (χ4n) is 1.13. The second-order valence-electron chi connectivity index (χ2n) is 4.56. The van der Waals surface area contributed by atoms with E-state index in [1.54, 1.807) is 20.8 Å². The highest BCUT2D eigenvalue weighted by molar-refractivity contribution is 5.74. The van der Waals surface area contributed by atoms with Crippen molar-refractivity contribution in [3.8, 4) is 0 Å². The van der Waals surface area contributed by atoms with E-state index in [0.717, 1.165) is 0 Å². The van der Waals surface area contributed by atoms with Gasteiger partial charge in [0.05, 0.1) is 6.61 Å². The van der Waals surface area contributed by atoms with Crippen molar-refractivity contribution in [3.05, 3.63) is 0 Å². The van der Waals surface area contributed by atoms with Crippen molar-refractivity contribution in [1.29, 1.82) is 0 Å². The van der Waals surface area contributed by atoms with Crippen LogP contribution in [0.15, 0.2) is 0 Å². The van der Waals surface area contributed by atoms with Crippen LogP contribution in [0.5, 0.6) is 0 Å². The predicted molar refractivity (Wildman–Crippen MR) is 44.8 cm³/mol. The molecule has 3 nitrogen and oxygen atoms in total. The van der Waals surface area contributed by atoms with Gasteiger partial charge in [0.1, 0.15) is 0 Å². The summed E-state index contributed by atoms with van der Waals surface area (Å²) < 4.78 is 46.2. The van der Waals surface area contributed by atoms with Gasteiger partial charge in [0, 0.05) is 5.41 Å². The quantitative estimate of drug-likeness (QED) is 0.593. The summed E-state index contributed by atoms with van der Waals surface area (Å²) in [6, 6.07) is 0. The lowest BCUT2D eigenvalue weighted by atomic mass is 9.95. The summed E-state index contributed by atoms with van der Waals surface area (Å²) in [4.78, 5) is 11.1. The van der Waals surface area contributed by atoms with E-state index in [1.807, 2.05) is 0 Å². The summed E-state index contributed by atoms with van der Waals surface area (Å²) in [6.07, 6.45) is -5.51. The maximum absolute atomic E-state index is 12.2. The van der Waals surface area contributed by atoms with Crippen molar-refractivity contribution < 1.29 is 27.4 Å². The first kappa shape index (κ1) is 12.3. The molecule has 1 aliphatic rings. The third kappa shape index (κ3) is 2.84. The number of hydrogen-bond donors (Lipinski definition) is 0. The van der Waals surface area contributed by atoms with E-state index >= 15 is 0 Å². The zero-order chi connectivity index (χ0) is 11.9. The minimum atomic E-state index is -4.60. The number of ether oxygens (including phenoxy) is 2. The molecule has 1 aliphatic heterocycles. The van der Waals surface area contributed by atoms with Crippen molar-refractivity contribution >= 4 is 5.97 Å². The molecule has 1 rings (SSSR count). The molecule has 2 atom stereocenters. The van der Waals surface area contributed by atoms with E-state index in [4.69, 9.17) is 4.74 Å². The van der Waals surface area contributed by atoms with E-state index in [1.165, 1.54) is 0 Å². The van der Waals surface area contributed by atoms with Gasteiger partial charge < -0.3 is 9.47 Å². The molecular formula is C9H13F3O3. The summed E-state index contributed by atoms with van der Waals surface area (Å²) in [7, 11) is 0. The molecule has 0 N–H and O–H groups in total. The van der Waals surface area contributed by atoms with Crippen LogP contribution in [0, 0.1) is 11.3 Å². The Morgan fingerprint density at radius 2 is 1.80 bits per heavy atom. The first-order valence-corrected chi connectivity index (χ1v) is 4.51. The first-order valence-electron chi connectivity index (χ1n) is 4.51. The average Bonchev–Trinajstić information content (AvgIpc) is 1.99. The van der Waals surface area contributed by atoms with E-state index in [2.05, 4.69) is 4.74 Å². The number of rotatable bonds is 0. The molecule has 1 saturated heterocycles. The average molecular weight is 226 g/mol. The summed E-state index contributed by atoms with van der Waals surface area (Å²) in [5.74, 6) is -3.41. The molecule has 0 aromatic rings. The van der Waals surface area contributed by atoms with Crippen LogP contribution in [0.4, 0.5) is 13.2 Å². The molecule has 0 unspecified atom stereocenters. The van der Waals surface area contributed by atoms with Crippen LogP contribution in [-0.4, -0.2) is 25.0 Å². The highest BCUT2D eigenvalue weighted by Crippen LogP contribution is 2.34. The summed E-state index contributed by atoms with van der Waals surface area (Å²) in [5, 5.41) is 0. The van der Waals surface area contributed by atoms with Gasteiger partial charge in [0.2, 0.25) is 6.29 Å². The molecule has 0 aromatic carbocycles. The molecule has 88 valence electrons. The maximum atomic E-state index is 12.2. The Bertz CT molecular complexity index is 254. The van der Waals surface area contributed by atoms with Gasteiger partial charge in [-0.15, -0.1) is 0 Å². The molecule has 0 amide bonds. The van der Waals surface area contributed by atoms with Gasteiger partial charge >= 0.3 is 12.1 Å². The Labute approximate surface area is 85.5 Å². The van der Waals surface area contributed by atoms with Crippen LogP contribution >= 0.6 is 0 Å². The first-order chi connectivity index (χ1) is 6.62. The standard InChI is InChI=1S/C9H13F3O3/c1-8(2,3)7-14-4-5(6(13)15-7)9(10,11)12/h5,7H,4H2,1-3H3/t5-,7+/m1/s1. The molecule has 0 radical (unpaired) electrons. The van der Waals surface area contributed by atoms with Crippen LogP contribution in [-0.2, 0) is 14.3 Å². The van der Waals surface area contributed by atoms with Gasteiger partial charge in [-0.25, -0.2) is 0 Å². The number of esters is 1. The van der Waals surface area contributed by atoms with Crippen molar-refractivity contribution in [2.24, 2.45) is 11.3 Å². The highest BCUT2D eigenvalue weighted by Gasteiger charge is 2.51. The van der Waals surface area contributed by atoms with Gasteiger partial charge in [0.15, 0.2) is 5.92 Å². The van der Waals surface area contributed by atoms with Crippen molar-refractivity contribution in [2.45, 2.75) is 33.2 Å². The molecular weight excluding hydrogens is 213 g/mol. The van der Waals surface area contributed by atoms with Crippen molar-refractivity contribution in [3.63, 3.8) is 0 Å². The van der Waals surface area contributed by atoms with Crippen LogP contribution in [0.1, 0.15) is 20.8 Å². The lowest BCUT2D eigenvalue weighted by Crippen LogP contribution is -2.47. The molecule has 15 heavy (non-hydrogen) atoms. The summed E-state index contributed by atoms with van der Waals surface area (Å²) in [5.41, 5.74) is -0.522. The fourth-order valence-corrected chi connectivity index (χ4v) is 1.13. The van der Waals surface area contributed by atoms with Crippen molar-refractivity contribution in [2.75, 3.05) is 6.61 Å². The minimum Gasteiger partial charge on any atom is -0.435 e. The molecule has 0 aromatic heterocycles. The largest absolute Gasteiger partial charge is 0.435 e. The second kappa shape index (κ2) is 3.66. The molecule has 1 heterocycles. The number of halogens is 3. The zero-order valence-corrected chi connectivity index (χ0v) is 8.72. The Morgan fingerprint density at radius 3 is 2.13 bits per heavy atom. The molecule has 0 saturated carbocycles. The van der Waals surface area contributed by atoms with E-state index in [9.17, 15) is 18.0 Å². The molecule has 0 aliphatic carbocycles. The van der Waals surface area contributed by atoms with Crippen LogP contribution < -0.4 is 0 Å². The Hall–Kier alpha value is -0.780. The normalized spacial score (nSPS) is 28.8. The third-order valence-electron chi connectivity index (χ3n) is 2.02. The second-order valence-corrected chi connectivity index (χ2v) is 4.56. The smallest absolute Gasteiger partial charge is 0.404 e. The lowest BCUT2D eigenvalue weighted by molar-refractivity contribution is -0.273. The van der Waals surface area contributed by atoms with E-state index in [0.29, 0.717) is 0 Å². The van der Waals surface area contributed by atoms with Crippen molar-refractivity contribution in [1.82, 2.24) is 0 Å². The molecule has 1 fully saturated rings. The SMILES string of the molecule is CC(C)(C)[C@H]1OC[C@@H](C(F)(F)F)C(=O)O1. The number of carbonyl (C=O) groups excluding carboxylic acids is 1. The van der Waals surface area contributed by atoms with Gasteiger partial charge in [-0.05, 0) is 0 Å². The monoisotopic (exact) mass is 226 g/mol. The summed E-state index contributed by atoms with van der Waals surface area (Å²) >= 11 is 0. The zero-order valence-electron chi connectivity index (χ0n) is 8.72. The van der Waals surface area contributed by atoms with Crippen LogP contribution in [0.2, 0.25) is 0 Å².